The van der Waals surface area contributed by atoms with Crippen LogP contribution in [0.2, 0.25) is 0 Å². The summed E-state index contributed by atoms with van der Waals surface area (Å²) in [7, 11) is 0. The van der Waals surface area contributed by atoms with Gasteiger partial charge in [-0.25, -0.2) is 4.98 Å². The van der Waals surface area contributed by atoms with Crippen molar-refractivity contribution in [3.63, 3.8) is 0 Å². The zero-order valence-electron chi connectivity index (χ0n) is 11.1. The van der Waals surface area contributed by atoms with E-state index in [1.165, 1.54) is 5.01 Å². The fourth-order valence-corrected chi connectivity index (χ4v) is 3.86. The van der Waals surface area contributed by atoms with Gasteiger partial charge in [-0.2, -0.15) is 0 Å². The summed E-state index contributed by atoms with van der Waals surface area (Å²) in [6.07, 6.45) is 2.61. The summed E-state index contributed by atoms with van der Waals surface area (Å²) in [6, 6.07) is 0. The summed E-state index contributed by atoms with van der Waals surface area (Å²) >= 11 is 1.77. The topological polar surface area (TPSA) is 34.2 Å². The number of aromatic nitrogens is 1. The first-order valence-corrected chi connectivity index (χ1v) is 7.27. The molecule has 3 nitrogen and oxygen atoms in total. The van der Waals surface area contributed by atoms with Crippen molar-refractivity contribution in [2.24, 2.45) is 0 Å². The molecule has 1 saturated heterocycles. The van der Waals surface area contributed by atoms with Crippen molar-refractivity contribution in [3.05, 3.63) is 16.1 Å². The maximum Gasteiger partial charge on any atom is 0.113 e. The van der Waals surface area contributed by atoms with E-state index in [1.54, 1.807) is 11.3 Å². The number of rotatable bonds is 3. The van der Waals surface area contributed by atoms with E-state index in [0.29, 0.717) is 12.2 Å². The van der Waals surface area contributed by atoms with Gasteiger partial charge >= 0.3 is 0 Å². The zero-order chi connectivity index (χ0) is 12.5. The monoisotopic (exact) mass is 254 g/mol. The molecule has 1 N–H and O–H groups in total. The Labute approximate surface area is 108 Å². The maximum absolute atomic E-state index is 5.85. The lowest BCUT2D eigenvalue weighted by Gasteiger charge is -2.42. The van der Waals surface area contributed by atoms with Gasteiger partial charge in [-0.15, -0.1) is 11.3 Å². The molecule has 0 aliphatic carbocycles. The smallest absolute Gasteiger partial charge is 0.113 e. The molecular formula is C13H22N2OS. The van der Waals surface area contributed by atoms with Crippen molar-refractivity contribution in [3.8, 4) is 0 Å². The van der Waals surface area contributed by atoms with E-state index in [2.05, 4.69) is 38.4 Å². The van der Waals surface area contributed by atoms with Crippen molar-refractivity contribution in [1.29, 1.82) is 0 Å². The van der Waals surface area contributed by atoms with Gasteiger partial charge < -0.3 is 10.1 Å². The highest BCUT2D eigenvalue weighted by Crippen LogP contribution is 2.38. The summed E-state index contributed by atoms with van der Waals surface area (Å²) in [6.45, 7) is 9.50. The van der Waals surface area contributed by atoms with Gasteiger partial charge in [0.05, 0.1) is 17.7 Å². The molecule has 0 saturated carbocycles. The molecule has 4 heteroatoms. The van der Waals surface area contributed by atoms with E-state index in [0.717, 1.165) is 25.1 Å². The second-order valence-corrected chi connectivity index (χ2v) is 5.93. The zero-order valence-corrected chi connectivity index (χ0v) is 11.9. The number of ether oxygens (including phenoxy) is 1. The molecule has 1 aromatic heterocycles. The summed E-state index contributed by atoms with van der Waals surface area (Å²) in [5.41, 5.74) is 1.14. The maximum atomic E-state index is 5.85. The summed E-state index contributed by atoms with van der Waals surface area (Å²) < 4.78 is 5.85. The highest BCUT2D eigenvalue weighted by molar-refractivity contribution is 7.09. The molecule has 0 spiro atoms. The SMILES string of the molecule is CCNC1(c2nc(C)cs2)CC(C)OC(C)C1. The van der Waals surface area contributed by atoms with Crippen molar-refractivity contribution >= 4 is 11.3 Å². The largest absolute Gasteiger partial charge is 0.375 e. The van der Waals surface area contributed by atoms with Gasteiger partial charge in [-0.05, 0) is 40.2 Å². The van der Waals surface area contributed by atoms with Crippen LogP contribution in [0, 0.1) is 6.92 Å². The number of aryl methyl sites for hydroxylation is 1. The van der Waals surface area contributed by atoms with Crippen molar-refractivity contribution < 1.29 is 4.74 Å². The van der Waals surface area contributed by atoms with Crippen LogP contribution in [0.1, 0.15) is 44.3 Å². The van der Waals surface area contributed by atoms with Gasteiger partial charge in [0.2, 0.25) is 0 Å². The van der Waals surface area contributed by atoms with Crippen LogP contribution < -0.4 is 5.32 Å². The lowest BCUT2D eigenvalue weighted by molar-refractivity contribution is -0.0709. The van der Waals surface area contributed by atoms with E-state index >= 15 is 0 Å². The minimum atomic E-state index is 0.0186. The van der Waals surface area contributed by atoms with E-state index < -0.39 is 0 Å². The summed E-state index contributed by atoms with van der Waals surface area (Å²) in [5, 5.41) is 7.02. The Morgan fingerprint density at radius 2 is 2.12 bits per heavy atom. The van der Waals surface area contributed by atoms with E-state index in [-0.39, 0.29) is 5.54 Å². The second-order valence-electron chi connectivity index (χ2n) is 5.07. The van der Waals surface area contributed by atoms with Gasteiger partial charge in [-0.1, -0.05) is 6.92 Å². The molecule has 2 heterocycles. The van der Waals surface area contributed by atoms with Crippen molar-refractivity contribution in [2.45, 2.75) is 58.3 Å². The molecule has 1 fully saturated rings. The third-order valence-corrected chi connectivity index (χ3v) is 4.44. The number of hydrogen-bond donors (Lipinski definition) is 1. The molecule has 2 rings (SSSR count). The van der Waals surface area contributed by atoms with Crippen LogP contribution in [0.3, 0.4) is 0 Å². The average Bonchev–Trinajstić information content (AvgIpc) is 2.64. The minimum absolute atomic E-state index is 0.0186. The standard InChI is InChI=1S/C13H22N2OS/c1-5-14-13(12-15-9(2)8-17-12)6-10(3)16-11(4)7-13/h8,10-11,14H,5-7H2,1-4H3. The Hall–Kier alpha value is -0.450. The van der Waals surface area contributed by atoms with E-state index in [9.17, 15) is 0 Å². The molecule has 2 unspecified atom stereocenters. The van der Waals surface area contributed by atoms with Crippen LogP contribution in [-0.4, -0.2) is 23.7 Å². The van der Waals surface area contributed by atoms with Gasteiger partial charge in [0.25, 0.3) is 0 Å². The Morgan fingerprint density at radius 3 is 2.59 bits per heavy atom. The molecule has 2 atom stereocenters. The Balaban J connectivity index is 2.31. The molecule has 96 valence electrons. The normalized spacial score (nSPS) is 33.9. The van der Waals surface area contributed by atoms with Crippen LogP contribution in [0.15, 0.2) is 5.38 Å². The predicted octanol–water partition coefficient (Wildman–Crippen LogP) is 2.84. The van der Waals surface area contributed by atoms with E-state index in [1.807, 2.05) is 0 Å². The first-order valence-electron chi connectivity index (χ1n) is 6.39. The highest BCUT2D eigenvalue weighted by Gasteiger charge is 2.41. The fraction of sp³-hybridized carbons (Fsp3) is 0.769. The van der Waals surface area contributed by atoms with Gasteiger partial charge in [-0.3, -0.25) is 0 Å². The lowest BCUT2D eigenvalue weighted by atomic mass is 9.84. The van der Waals surface area contributed by atoms with Crippen LogP contribution in [0.25, 0.3) is 0 Å². The molecule has 1 aliphatic heterocycles. The Bertz CT molecular complexity index is 367. The second kappa shape index (κ2) is 5.04. The van der Waals surface area contributed by atoms with Gasteiger partial charge in [0.15, 0.2) is 0 Å². The first kappa shape index (κ1) is 13.0. The molecule has 1 aliphatic rings. The molecule has 0 bridgehead atoms. The highest BCUT2D eigenvalue weighted by atomic mass is 32.1. The van der Waals surface area contributed by atoms with Crippen LogP contribution >= 0.6 is 11.3 Å². The Morgan fingerprint density at radius 1 is 1.47 bits per heavy atom. The van der Waals surface area contributed by atoms with Crippen molar-refractivity contribution in [2.75, 3.05) is 6.54 Å². The van der Waals surface area contributed by atoms with Crippen LogP contribution in [-0.2, 0) is 10.3 Å². The molecule has 0 aromatic carbocycles. The quantitative estimate of drug-likeness (QED) is 0.900. The third-order valence-electron chi connectivity index (χ3n) is 3.28. The molecule has 0 amide bonds. The number of nitrogens with zero attached hydrogens (tertiary/aromatic N) is 1. The van der Waals surface area contributed by atoms with Gasteiger partial charge in [0, 0.05) is 11.1 Å². The van der Waals surface area contributed by atoms with Crippen LogP contribution in [0.5, 0.6) is 0 Å². The molecule has 0 radical (unpaired) electrons. The lowest BCUT2D eigenvalue weighted by Crippen LogP contribution is -2.51. The van der Waals surface area contributed by atoms with Crippen molar-refractivity contribution in [1.82, 2.24) is 10.3 Å². The predicted molar refractivity (Wildman–Crippen MR) is 71.4 cm³/mol. The number of thiazole rings is 1. The fourth-order valence-electron chi connectivity index (χ4n) is 2.86. The molecule has 17 heavy (non-hydrogen) atoms. The molecule has 1 aromatic rings. The van der Waals surface area contributed by atoms with E-state index in [4.69, 9.17) is 9.72 Å². The average molecular weight is 254 g/mol. The summed E-state index contributed by atoms with van der Waals surface area (Å²) in [5.74, 6) is 0. The Kier molecular flexibility index (Phi) is 3.85. The number of nitrogens with one attached hydrogen (secondary N) is 1. The third kappa shape index (κ3) is 2.69. The summed E-state index contributed by atoms with van der Waals surface area (Å²) in [4.78, 5) is 4.69. The minimum Gasteiger partial charge on any atom is -0.375 e. The van der Waals surface area contributed by atoms with Crippen LogP contribution in [0.4, 0.5) is 0 Å². The van der Waals surface area contributed by atoms with Gasteiger partial charge in [0.1, 0.15) is 5.01 Å². The number of hydrogen-bond acceptors (Lipinski definition) is 4. The first-order chi connectivity index (χ1) is 8.05. The molecular weight excluding hydrogens is 232 g/mol.